The normalized spacial score (nSPS) is 11.2. The number of allylic oxidation sites excluding steroid dienone is 2. The van der Waals surface area contributed by atoms with Gasteiger partial charge in [0.2, 0.25) is 0 Å². The van der Waals surface area contributed by atoms with Crippen molar-refractivity contribution in [3.05, 3.63) is 11.8 Å². The second kappa shape index (κ2) is 5.65. The summed E-state index contributed by atoms with van der Waals surface area (Å²) in [5.41, 5.74) is 6.30. The highest BCUT2D eigenvalue weighted by molar-refractivity contribution is 5.99. The average molecular weight is 153 g/mol. The predicted octanol–water partition coefficient (Wildman–Crippen LogP) is 1.69. The van der Waals surface area contributed by atoms with E-state index in [1.54, 1.807) is 0 Å². The van der Waals surface area contributed by atoms with E-state index in [1.807, 2.05) is 0 Å². The van der Waals surface area contributed by atoms with Crippen molar-refractivity contribution in [2.75, 3.05) is 0 Å². The molecule has 62 valence electrons. The van der Waals surface area contributed by atoms with Crippen LogP contribution in [0.4, 0.5) is 0 Å². The second-order valence-electron chi connectivity index (χ2n) is 2.37. The van der Waals surface area contributed by atoms with Gasteiger partial charge in [-0.1, -0.05) is 13.3 Å². The van der Waals surface area contributed by atoms with E-state index in [4.69, 9.17) is 16.6 Å². The Morgan fingerprint density at radius 1 is 1.55 bits per heavy atom. The average Bonchev–Trinajstić information content (AvgIpc) is 2.00. The molecule has 3 nitrogen and oxygen atoms in total. The summed E-state index contributed by atoms with van der Waals surface area (Å²) in [6.07, 6.45) is 5.33. The number of hydrogen-bond acceptors (Lipinski definition) is 3. The molecule has 0 fully saturated rings. The first-order valence-electron chi connectivity index (χ1n) is 3.76. The maximum Gasteiger partial charge on any atom is 0.0543 e. The fraction of sp³-hybridized carbons (Fsp3) is 0.500. The molecule has 11 heavy (non-hydrogen) atoms. The third-order valence-electron chi connectivity index (χ3n) is 1.39. The minimum atomic E-state index is 0.411. The lowest BCUT2D eigenvalue weighted by atomic mass is 10.1. The highest BCUT2D eigenvalue weighted by Gasteiger charge is 1.97. The summed E-state index contributed by atoms with van der Waals surface area (Å²) < 4.78 is 0. The van der Waals surface area contributed by atoms with Crippen molar-refractivity contribution in [2.45, 2.75) is 26.2 Å². The van der Waals surface area contributed by atoms with Gasteiger partial charge in [-0.15, -0.1) is 0 Å². The molecular formula is C8H15N3. The first kappa shape index (κ1) is 9.88. The lowest BCUT2D eigenvalue weighted by Crippen LogP contribution is -2.10. The third kappa shape index (κ3) is 4.31. The van der Waals surface area contributed by atoms with Crippen LogP contribution in [0.3, 0.4) is 0 Å². The molecule has 0 radical (unpaired) electrons. The number of nitrogens with one attached hydrogen (secondary N) is 2. The summed E-state index contributed by atoms with van der Waals surface area (Å²) >= 11 is 0. The van der Waals surface area contributed by atoms with Crippen LogP contribution < -0.4 is 5.73 Å². The Kier molecular flexibility index (Phi) is 5.07. The predicted molar refractivity (Wildman–Crippen MR) is 48.3 cm³/mol. The van der Waals surface area contributed by atoms with Gasteiger partial charge in [0.15, 0.2) is 0 Å². The van der Waals surface area contributed by atoms with Crippen molar-refractivity contribution >= 4 is 11.9 Å². The topological polar surface area (TPSA) is 73.7 Å². The van der Waals surface area contributed by atoms with Crippen molar-refractivity contribution in [3.63, 3.8) is 0 Å². The highest BCUT2D eigenvalue weighted by Crippen LogP contribution is 1.99. The van der Waals surface area contributed by atoms with Crippen LogP contribution in [0.2, 0.25) is 0 Å². The van der Waals surface area contributed by atoms with Crippen LogP contribution in [0.15, 0.2) is 11.8 Å². The van der Waals surface area contributed by atoms with Gasteiger partial charge in [0.05, 0.1) is 11.4 Å². The van der Waals surface area contributed by atoms with E-state index in [2.05, 4.69) is 6.92 Å². The van der Waals surface area contributed by atoms with E-state index in [0.29, 0.717) is 17.8 Å². The molecular weight excluding hydrogens is 138 g/mol. The van der Waals surface area contributed by atoms with Gasteiger partial charge in [-0.25, -0.2) is 0 Å². The maximum absolute atomic E-state index is 7.40. The molecule has 0 aliphatic heterocycles. The zero-order valence-corrected chi connectivity index (χ0v) is 6.85. The van der Waals surface area contributed by atoms with Crippen LogP contribution in [0.5, 0.6) is 0 Å². The van der Waals surface area contributed by atoms with Gasteiger partial charge in [0.25, 0.3) is 0 Å². The number of unbranched alkanes of at least 4 members (excludes halogenated alkanes) is 1. The van der Waals surface area contributed by atoms with E-state index in [9.17, 15) is 0 Å². The molecule has 0 unspecified atom stereocenters. The lowest BCUT2D eigenvalue weighted by molar-refractivity contribution is 0.831. The van der Waals surface area contributed by atoms with Crippen LogP contribution >= 0.6 is 0 Å². The van der Waals surface area contributed by atoms with E-state index in [1.165, 1.54) is 6.08 Å². The van der Waals surface area contributed by atoms with Gasteiger partial charge in [-0.05, 0) is 18.9 Å². The molecule has 0 saturated heterocycles. The molecule has 0 saturated carbocycles. The van der Waals surface area contributed by atoms with Crippen molar-refractivity contribution in [1.82, 2.24) is 0 Å². The molecule has 0 aromatic rings. The van der Waals surface area contributed by atoms with Gasteiger partial charge in [-0.2, -0.15) is 0 Å². The van der Waals surface area contributed by atoms with Gasteiger partial charge < -0.3 is 16.6 Å². The minimum absolute atomic E-state index is 0.411. The third-order valence-corrected chi connectivity index (χ3v) is 1.39. The molecule has 3 heteroatoms. The molecule has 4 N–H and O–H groups in total. The summed E-state index contributed by atoms with van der Waals surface area (Å²) in [4.78, 5) is 0. The summed E-state index contributed by atoms with van der Waals surface area (Å²) in [6.45, 7) is 2.07. The van der Waals surface area contributed by atoms with Crippen LogP contribution in [0, 0.1) is 10.8 Å². The van der Waals surface area contributed by atoms with Crippen LogP contribution in [-0.2, 0) is 0 Å². The Morgan fingerprint density at radius 3 is 2.64 bits per heavy atom. The van der Waals surface area contributed by atoms with E-state index in [-0.39, 0.29) is 0 Å². The van der Waals surface area contributed by atoms with Gasteiger partial charge in [0.1, 0.15) is 0 Å². The maximum atomic E-state index is 7.40. The van der Waals surface area contributed by atoms with E-state index < -0.39 is 0 Å². The second-order valence-corrected chi connectivity index (χ2v) is 2.37. The number of rotatable bonds is 5. The minimum Gasteiger partial charge on any atom is -0.397 e. The molecule has 0 rings (SSSR count). The lowest BCUT2D eigenvalue weighted by Gasteiger charge is -2.00. The quantitative estimate of drug-likeness (QED) is 0.516. The van der Waals surface area contributed by atoms with E-state index >= 15 is 0 Å². The Hall–Kier alpha value is -1.12. The zero-order valence-electron chi connectivity index (χ0n) is 6.85. The largest absolute Gasteiger partial charge is 0.397 e. The Balaban J connectivity index is 3.82. The molecule has 0 aliphatic carbocycles. The van der Waals surface area contributed by atoms with Crippen LogP contribution in [0.25, 0.3) is 0 Å². The SMILES string of the molecule is CCCCC(=N)/C(N)=C/C=N. The summed E-state index contributed by atoms with van der Waals surface area (Å²) in [5, 5.41) is 14.1. The zero-order chi connectivity index (χ0) is 8.69. The number of nitrogens with two attached hydrogens (primary N) is 1. The van der Waals surface area contributed by atoms with Crippen molar-refractivity contribution in [1.29, 1.82) is 10.8 Å². The van der Waals surface area contributed by atoms with Crippen molar-refractivity contribution < 1.29 is 0 Å². The first-order valence-corrected chi connectivity index (χ1v) is 3.76. The van der Waals surface area contributed by atoms with Crippen LogP contribution in [-0.4, -0.2) is 11.9 Å². The Labute approximate surface area is 67.3 Å². The highest BCUT2D eigenvalue weighted by atomic mass is 14.6. The van der Waals surface area contributed by atoms with Crippen molar-refractivity contribution in [2.24, 2.45) is 5.73 Å². The molecule has 0 spiro atoms. The Morgan fingerprint density at radius 2 is 2.18 bits per heavy atom. The molecule has 0 aromatic carbocycles. The molecule has 0 bridgehead atoms. The van der Waals surface area contributed by atoms with E-state index in [0.717, 1.165) is 19.1 Å². The molecule has 0 atom stereocenters. The fourth-order valence-corrected chi connectivity index (χ4v) is 0.688. The molecule has 0 aliphatic rings. The van der Waals surface area contributed by atoms with Crippen molar-refractivity contribution in [3.8, 4) is 0 Å². The monoisotopic (exact) mass is 153 g/mol. The van der Waals surface area contributed by atoms with Crippen LogP contribution in [0.1, 0.15) is 26.2 Å². The van der Waals surface area contributed by atoms with Gasteiger partial charge in [0, 0.05) is 6.21 Å². The molecule has 0 aromatic heterocycles. The number of hydrogen-bond donors (Lipinski definition) is 3. The summed E-state index contributed by atoms with van der Waals surface area (Å²) in [6, 6.07) is 0. The van der Waals surface area contributed by atoms with Gasteiger partial charge >= 0.3 is 0 Å². The summed E-state index contributed by atoms with van der Waals surface area (Å²) in [7, 11) is 0. The fourth-order valence-electron chi connectivity index (χ4n) is 0.688. The Bertz CT molecular complexity index is 170. The standard InChI is InChI=1S/C8H15N3/c1-2-3-4-7(10)8(11)5-6-9/h5-6,9-10H,2-4,11H2,1H3/b8-5-,9-6?,10-7?. The summed E-state index contributed by atoms with van der Waals surface area (Å²) in [5.74, 6) is 0. The first-order chi connectivity index (χ1) is 5.22. The smallest absolute Gasteiger partial charge is 0.0543 e. The molecule has 0 amide bonds. The molecule has 0 heterocycles. The van der Waals surface area contributed by atoms with Gasteiger partial charge in [-0.3, -0.25) is 0 Å².